The molecule has 0 amide bonds. The van der Waals surface area contributed by atoms with Crippen molar-refractivity contribution in [1.82, 2.24) is 0 Å². The molecule has 1 aromatic carbocycles. The maximum atomic E-state index is 13.4. The molecule has 0 bridgehead atoms. The molecule has 0 aliphatic carbocycles. The van der Waals surface area contributed by atoms with Crippen molar-refractivity contribution in [2.45, 2.75) is 26.4 Å². The summed E-state index contributed by atoms with van der Waals surface area (Å²) < 4.78 is 36.7. The van der Waals surface area contributed by atoms with Gasteiger partial charge in [-0.15, -0.1) is 0 Å². The molecular formula is C14H18F2O3. The molecule has 1 rings (SSSR count). The molecule has 0 radical (unpaired) electrons. The van der Waals surface area contributed by atoms with E-state index < -0.39 is 12.0 Å². The summed E-state index contributed by atoms with van der Waals surface area (Å²) in [5.41, 5.74) is 0.797. The molecule has 1 aromatic rings. The average Bonchev–Trinajstić information content (AvgIpc) is 2.31. The highest BCUT2D eigenvalue weighted by Gasteiger charge is 2.09. The van der Waals surface area contributed by atoms with E-state index in [0.29, 0.717) is 0 Å². The predicted octanol–water partition coefficient (Wildman–Crippen LogP) is 2.85. The van der Waals surface area contributed by atoms with Crippen molar-refractivity contribution in [1.29, 1.82) is 0 Å². The van der Waals surface area contributed by atoms with E-state index in [1.165, 1.54) is 19.1 Å². The van der Waals surface area contributed by atoms with Gasteiger partial charge in [0.25, 0.3) is 0 Å². The first-order valence-corrected chi connectivity index (χ1v) is 6.09. The number of hydrogen-bond acceptors (Lipinski definition) is 3. The molecule has 0 saturated heterocycles. The molecule has 106 valence electrons. The highest BCUT2D eigenvalue weighted by atomic mass is 19.1. The number of ketones is 1. The number of hydrogen-bond donors (Lipinski definition) is 0. The van der Waals surface area contributed by atoms with Gasteiger partial charge in [0.1, 0.15) is 12.8 Å². The summed E-state index contributed by atoms with van der Waals surface area (Å²) in [6.07, 6.45) is -1.14. The zero-order chi connectivity index (χ0) is 14.3. The first kappa shape index (κ1) is 15.6. The van der Waals surface area contributed by atoms with E-state index in [-0.39, 0.29) is 37.8 Å². The van der Waals surface area contributed by atoms with Gasteiger partial charge >= 0.3 is 0 Å². The van der Waals surface area contributed by atoms with Crippen molar-refractivity contribution >= 4 is 5.78 Å². The van der Waals surface area contributed by atoms with Gasteiger partial charge in [0.15, 0.2) is 17.3 Å². The second-order valence-electron chi connectivity index (χ2n) is 4.39. The fourth-order valence-corrected chi connectivity index (χ4v) is 1.43. The van der Waals surface area contributed by atoms with Crippen molar-refractivity contribution in [3.05, 3.63) is 29.6 Å². The van der Waals surface area contributed by atoms with Crippen LogP contribution >= 0.6 is 0 Å². The molecule has 0 heterocycles. The Hall–Kier alpha value is -1.49. The molecule has 0 saturated carbocycles. The van der Waals surface area contributed by atoms with Gasteiger partial charge in [-0.2, -0.15) is 0 Å². The van der Waals surface area contributed by atoms with Crippen molar-refractivity contribution in [3.8, 4) is 5.75 Å². The zero-order valence-corrected chi connectivity index (χ0v) is 11.1. The Balaban J connectivity index is 2.24. The van der Waals surface area contributed by atoms with Crippen LogP contribution < -0.4 is 4.74 Å². The summed E-state index contributed by atoms with van der Waals surface area (Å²) >= 11 is 0. The van der Waals surface area contributed by atoms with Gasteiger partial charge in [0.05, 0.1) is 13.2 Å². The fraction of sp³-hybridized carbons (Fsp3) is 0.500. The number of ether oxygens (including phenoxy) is 2. The van der Waals surface area contributed by atoms with E-state index in [9.17, 15) is 13.6 Å². The van der Waals surface area contributed by atoms with Gasteiger partial charge in [-0.1, -0.05) is 6.07 Å². The molecule has 3 nitrogen and oxygen atoms in total. The number of rotatable bonds is 8. The Bertz CT molecular complexity index is 421. The third-order valence-corrected chi connectivity index (χ3v) is 2.38. The maximum Gasteiger partial charge on any atom is 0.165 e. The van der Waals surface area contributed by atoms with Crippen LogP contribution in [0.2, 0.25) is 0 Å². The monoisotopic (exact) mass is 272 g/mol. The minimum atomic E-state index is -1.23. The number of benzene rings is 1. The van der Waals surface area contributed by atoms with Gasteiger partial charge in [-0.3, -0.25) is 4.79 Å². The van der Waals surface area contributed by atoms with Crippen LogP contribution in [0.5, 0.6) is 5.75 Å². The standard InChI is InChI=1S/C14H18F2O3/c1-10-3-4-14(13(16)7-10)19-6-5-12(15)9-18-8-11(2)17/h3-4,7,12H,5-6,8-9H2,1-2H3. The van der Waals surface area contributed by atoms with Gasteiger partial charge in [-0.25, -0.2) is 8.78 Å². The third kappa shape index (κ3) is 6.29. The van der Waals surface area contributed by atoms with E-state index in [1.807, 2.05) is 0 Å². The second kappa shape index (κ2) is 7.84. The normalized spacial score (nSPS) is 12.2. The Morgan fingerprint density at radius 2 is 2.16 bits per heavy atom. The quantitative estimate of drug-likeness (QED) is 0.730. The number of alkyl halides is 1. The van der Waals surface area contributed by atoms with Crippen LogP contribution in [0.25, 0.3) is 0 Å². The molecule has 0 aliphatic rings. The van der Waals surface area contributed by atoms with E-state index in [4.69, 9.17) is 9.47 Å². The first-order valence-electron chi connectivity index (χ1n) is 6.09. The molecular weight excluding hydrogens is 254 g/mol. The van der Waals surface area contributed by atoms with Crippen LogP contribution in [0.3, 0.4) is 0 Å². The number of aryl methyl sites for hydroxylation is 1. The summed E-state index contributed by atoms with van der Waals surface area (Å²) in [6, 6.07) is 4.60. The molecule has 0 spiro atoms. The molecule has 19 heavy (non-hydrogen) atoms. The predicted molar refractivity (Wildman–Crippen MR) is 67.6 cm³/mol. The largest absolute Gasteiger partial charge is 0.490 e. The number of halogens is 2. The lowest BCUT2D eigenvalue weighted by Gasteiger charge is -2.10. The Morgan fingerprint density at radius 3 is 2.79 bits per heavy atom. The van der Waals surface area contributed by atoms with Gasteiger partial charge < -0.3 is 9.47 Å². The third-order valence-electron chi connectivity index (χ3n) is 2.38. The lowest BCUT2D eigenvalue weighted by atomic mass is 10.2. The first-order chi connectivity index (χ1) is 8.99. The summed E-state index contributed by atoms with van der Waals surface area (Å²) in [6.45, 7) is 2.96. The van der Waals surface area contributed by atoms with Crippen molar-refractivity contribution in [2.24, 2.45) is 0 Å². The van der Waals surface area contributed by atoms with Crippen LogP contribution in [-0.4, -0.2) is 31.8 Å². The topological polar surface area (TPSA) is 35.5 Å². The van der Waals surface area contributed by atoms with Crippen molar-refractivity contribution < 1.29 is 23.0 Å². The molecule has 1 atom stereocenters. The van der Waals surface area contributed by atoms with Gasteiger partial charge in [0, 0.05) is 6.42 Å². The van der Waals surface area contributed by atoms with Crippen molar-refractivity contribution in [2.75, 3.05) is 19.8 Å². The zero-order valence-electron chi connectivity index (χ0n) is 11.1. The highest BCUT2D eigenvalue weighted by molar-refractivity contribution is 5.76. The number of carbonyl (C=O) groups is 1. The second-order valence-corrected chi connectivity index (χ2v) is 4.39. The van der Waals surface area contributed by atoms with E-state index >= 15 is 0 Å². The van der Waals surface area contributed by atoms with Crippen LogP contribution in [0.15, 0.2) is 18.2 Å². The Kier molecular flexibility index (Phi) is 6.42. The van der Waals surface area contributed by atoms with Crippen LogP contribution in [-0.2, 0) is 9.53 Å². The SMILES string of the molecule is CC(=O)COCC(F)CCOc1ccc(C)cc1F. The molecule has 0 aliphatic heterocycles. The van der Waals surface area contributed by atoms with Crippen LogP contribution in [0.4, 0.5) is 8.78 Å². The number of carbonyl (C=O) groups excluding carboxylic acids is 1. The Labute approximate surface area is 111 Å². The molecule has 0 fully saturated rings. The fourth-order valence-electron chi connectivity index (χ4n) is 1.43. The van der Waals surface area contributed by atoms with Crippen molar-refractivity contribution in [3.63, 3.8) is 0 Å². The molecule has 5 heteroatoms. The van der Waals surface area contributed by atoms with E-state index in [2.05, 4.69) is 0 Å². The van der Waals surface area contributed by atoms with Crippen LogP contribution in [0, 0.1) is 12.7 Å². The maximum absolute atomic E-state index is 13.4. The molecule has 0 aromatic heterocycles. The lowest BCUT2D eigenvalue weighted by Crippen LogP contribution is -2.17. The smallest absolute Gasteiger partial charge is 0.165 e. The Morgan fingerprint density at radius 1 is 1.42 bits per heavy atom. The lowest BCUT2D eigenvalue weighted by molar-refractivity contribution is -0.122. The summed E-state index contributed by atoms with van der Waals surface area (Å²) in [4.78, 5) is 10.6. The van der Waals surface area contributed by atoms with Gasteiger partial charge in [-0.05, 0) is 31.5 Å². The minimum absolute atomic E-state index is 0.0601. The summed E-state index contributed by atoms with van der Waals surface area (Å²) in [5, 5.41) is 0. The summed E-state index contributed by atoms with van der Waals surface area (Å²) in [5.74, 6) is -0.490. The van der Waals surface area contributed by atoms with E-state index in [1.54, 1.807) is 13.0 Å². The highest BCUT2D eigenvalue weighted by Crippen LogP contribution is 2.18. The van der Waals surface area contributed by atoms with Crippen LogP contribution in [0.1, 0.15) is 18.9 Å². The average molecular weight is 272 g/mol. The molecule has 0 N–H and O–H groups in total. The van der Waals surface area contributed by atoms with E-state index in [0.717, 1.165) is 5.56 Å². The van der Waals surface area contributed by atoms with Gasteiger partial charge in [0.2, 0.25) is 0 Å². The molecule has 1 unspecified atom stereocenters. The summed E-state index contributed by atoms with van der Waals surface area (Å²) in [7, 11) is 0. The number of Topliss-reactive ketones (excluding diaryl/α,β-unsaturated/α-hetero) is 1. The minimum Gasteiger partial charge on any atom is -0.490 e.